The van der Waals surface area contributed by atoms with Crippen LogP contribution in [-0.4, -0.2) is 46.2 Å². The number of aryl methyl sites for hydroxylation is 2. The van der Waals surface area contributed by atoms with Crippen LogP contribution in [0.25, 0.3) is 17.2 Å². The summed E-state index contributed by atoms with van der Waals surface area (Å²) in [6.07, 6.45) is 1.26. The number of nitrogens with zero attached hydrogens (tertiary/aromatic N) is 2. The Labute approximate surface area is 275 Å². The van der Waals surface area contributed by atoms with Crippen LogP contribution in [0, 0.1) is 6.92 Å². The maximum absolute atomic E-state index is 13.1. The Morgan fingerprint density at radius 3 is 2.40 bits per heavy atom. The third-order valence-corrected chi connectivity index (χ3v) is 8.46. The van der Waals surface area contributed by atoms with Gasteiger partial charge in [0.2, 0.25) is 5.91 Å². The summed E-state index contributed by atoms with van der Waals surface area (Å²) in [7, 11) is 0. The molecule has 0 aliphatic rings. The van der Waals surface area contributed by atoms with Gasteiger partial charge in [0.15, 0.2) is 10.6 Å². The van der Waals surface area contributed by atoms with Crippen molar-refractivity contribution < 1.29 is 36.7 Å². The van der Waals surface area contributed by atoms with Crippen molar-refractivity contribution >= 4 is 28.8 Å². The zero-order valence-electron chi connectivity index (χ0n) is 26.5. The highest BCUT2D eigenvalue weighted by molar-refractivity contribution is 7.90. The van der Waals surface area contributed by atoms with Gasteiger partial charge in [-0.15, -0.1) is 13.2 Å². The van der Waals surface area contributed by atoms with E-state index in [1.807, 2.05) is 18.4 Å². The van der Waals surface area contributed by atoms with Crippen molar-refractivity contribution in [2.75, 3.05) is 25.1 Å². The number of aromatic nitrogens is 2. The van der Waals surface area contributed by atoms with Gasteiger partial charge in [0, 0.05) is 30.5 Å². The lowest BCUT2D eigenvalue weighted by molar-refractivity contribution is -0.274. The molecule has 0 saturated carbocycles. The monoisotopic (exact) mass is 669 g/mol. The quantitative estimate of drug-likeness (QED) is 0.0740. The number of imidazole rings is 1. The molecule has 0 bridgehead atoms. The molecular formula is C35H38F3N3O5S. The summed E-state index contributed by atoms with van der Waals surface area (Å²) >= 11 is -1.32. The fourth-order valence-corrected chi connectivity index (χ4v) is 5.83. The largest absolute Gasteiger partial charge is 0.611 e. The Hall–Kier alpha value is -4.26. The van der Waals surface area contributed by atoms with Crippen molar-refractivity contribution in [2.24, 2.45) is 0 Å². The number of rotatable bonds is 16. The number of anilines is 1. The summed E-state index contributed by atoms with van der Waals surface area (Å²) in [5.74, 6) is -0.0631. The van der Waals surface area contributed by atoms with E-state index in [1.54, 1.807) is 54.9 Å². The first-order chi connectivity index (χ1) is 22.6. The topological polar surface area (TPSA) is 97.7 Å². The lowest BCUT2D eigenvalue weighted by Gasteiger charge is -2.14. The van der Waals surface area contributed by atoms with Gasteiger partial charge < -0.3 is 28.6 Å². The van der Waals surface area contributed by atoms with Gasteiger partial charge in [-0.1, -0.05) is 31.5 Å². The summed E-state index contributed by atoms with van der Waals surface area (Å²) < 4.78 is 69.7. The molecule has 0 unspecified atom stereocenters. The first-order valence-electron chi connectivity index (χ1n) is 15.2. The highest BCUT2D eigenvalue weighted by atomic mass is 32.2. The molecule has 0 fully saturated rings. The van der Waals surface area contributed by atoms with Gasteiger partial charge in [-0.25, -0.2) is 4.98 Å². The molecule has 47 heavy (non-hydrogen) atoms. The van der Waals surface area contributed by atoms with E-state index in [1.165, 1.54) is 24.3 Å². The molecular weight excluding hydrogens is 631 g/mol. The summed E-state index contributed by atoms with van der Waals surface area (Å²) in [6.45, 7) is 8.25. The predicted octanol–water partition coefficient (Wildman–Crippen LogP) is 7.93. The Morgan fingerprint density at radius 2 is 1.72 bits per heavy atom. The minimum absolute atomic E-state index is 0.0619. The lowest BCUT2D eigenvalue weighted by Crippen LogP contribution is -2.17. The molecule has 12 heteroatoms. The molecule has 0 aliphatic carbocycles. The van der Waals surface area contributed by atoms with Crippen molar-refractivity contribution in [3.63, 3.8) is 0 Å². The van der Waals surface area contributed by atoms with Gasteiger partial charge >= 0.3 is 6.36 Å². The van der Waals surface area contributed by atoms with Crippen LogP contribution in [0.5, 0.6) is 11.5 Å². The van der Waals surface area contributed by atoms with Crippen molar-refractivity contribution in [3.8, 4) is 22.6 Å². The Bertz CT molecular complexity index is 1620. The van der Waals surface area contributed by atoms with Crippen LogP contribution in [-0.2, 0) is 33.0 Å². The molecule has 8 nitrogen and oxygen atoms in total. The average Bonchev–Trinajstić information content (AvgIpc) is 3.40. The number of alkyl halides is 3. The molecule has 1 atom stereocenters. The third-order valence-electron chi connectivity index (χ3n) is 7.12. The molecule has 3 aromatic carbocycles. The minimum atomic E-state index is -4.91. The van der Waals surface area contributed by atoms with Crippen molar-refractivity contribution in [3.05, 3.63) is 96.1 Å². The number of carbonyl (C=O) groups excluding carboxylic acids is 1. The van der Waals surface area contributed by atoms with Gasteiger partial charge in [-0.05, 0) is 97.2 Å². The first kappa shape index (κ1) is 35.6. The van der Waals surface area contributed by atoms with Gasteiger partial charge in [-0.2, -0.15) is 0 Å². The molecule has 1 N–H and O–H groups in total. The highest BCUT2D eigenvalue weighted by Crippen LogP contribution is 2.32. The van der Waals surface area contributed by atoms with Crippen LogP contribution in [0.4, 0.5) is 18.9 Å². The number of carbonyl (C=O) groups is 1. The van der Waals surface area contributed by atoms with Crippen LogP contribution >= 0.6 is 0 Å². The van der Waals surface area contributed by atoms with Crippen LogP contribution in [0.3, 0.4) is 0 Å². The molecule has 0 saturated heterocycles. The molecule has 1 aromatic heterocycles. The van der Waals surface area contributed by atoms with Crippen molar-refractivity contribution in [1.29, 1.82) is 0 Å². The van der Waals surface area contributed by atoms with E-state index in [4.69, 9.17) is 9.47 Å². The van der Waals surface area contributed by atoms with E-state index in [2.05, 4.69) is 22.0 Å². The molecule has 0 aliphatic heterocycles. The first-order valence-corrected chi connectivity index (χ1v) is 16.6. The normalized spacial score (nSPS) is 12.3. The standard InChI is InChI=1S/C35H38F3N3O5S/c1-4-6-19-44-20-21-45-30-13-7-26(8-14-30)27-9-17-33(46-35(36,37)38)28(22-27)10-18-34(42)40-29-11-15-31(16-12-29)47(43)23-32-25(3)39-24-41(32)5-2/h7-18,22,24H,4-6,19-21,23H2,1-3H3,(H,40,42)/b18-10+/t47-/m1/s1. The van der Waals surface area contributed by atoms with E-state index in [-0.39, 0.29) is 5.56 Å². The predicted molar refractivity (Wildman–Crippen MR) is 177 cm³/mol. The smallest absolute Gasteiger partial charge is 0.573 e. The number of benzene rings is 3. The third kappa shape index (κ3) is 10.9. The second-order valence-corrected chi connectivity index (χ2v) is 12.0. The summed E-state index contributed by atoms with van der Waals surface area (Å²) in [5.41, 5.74) is 3.58. The molecule has 4 aromatic rings. The second-order valence-electron chi connectivity index (χ2n) is 10.5. The number of ether oxygens (including phenoxy) is 3. The molecule has 0 radical (unpaired) electrons. The van der Waals surface area contributed by atoms with Crippen LogP contribution < -0.4 is 14.8 Å². The molecule has 0 spiro atoms. The van der Waals surface area contributed by atoms with Crippen LogP contribution in [0.2, 0.25) is 0 Å². The molecule has 1 heterocycles. The Morgan fingerprint density at radius 1 is 1.00 bits per heavy atom. The van der Waals surface area contributed by atoms with Crippen molar-refractivity contribution in [1.82, 2.24) is 9.55 Å². The molecule has 4 rings (SSSR count). The lowest BCUT2D eigenvalue weighted by atomic mass is 10.0. The fourth-order valence-electron chi connectivity index (χ4n) is 4.60. The summed E-state index contributed by atoms with van der Waals surface area (Å²) in [4.78, 5) is 17.6. The van der Waals surface area contributed by atoms with Gasteiger partial charge in [0.05, 0.1) is 24.3 Å². The molecule has 1 amide bonds. The van der Waals surface area contributed by atoms with Gasteiger partial charge in [0.1, 0.15) is 18.1 Å². The van der Waals surface area contributed by atoms with Crippen LogP contribution in [0.15, 0.2) is 84.0 Å². The number of hydrogen-bond acceptors (Lipinski definition) is 6. The average molecular weight is 670 g/mol. The number of unbranched alkanes of at least 4 members (excludes halogenated alkanes) is 1. The van der Waals surface area contributed by atoms with E-state index >= 15 is 0 Å². The van der Waals surface area contributed by atoms with Crippen LogP contribution in [0.1, 0.15) is 43.6 Å². The Kier molecular flexibility index (Phi) is 12.9. The van der Waals surface area contributed by atoms with E-state index in [9.17, 15) is 22.5 Å². The SMILES string of the molecule is CCCCOCCOc1ccc(-c2ccc(OC(F)(F)F)c(/C=C/C(=O)Nc3ccc([S@+]([O-])Cc4c(C)ncn4CC)cc3)c2)cc1. The van der Waals surface area contributed by atoms with Gasteiger partial charge in [-0.3, -0.25) is 4.79 Å². The number of nitrogens with one attached hydrogen (secondary N) is 1. The van der Waals surface area contributed by atoms with Crippen molar-refractivity contribution in [2.45, 2.75) is 57.2 Å². The van der Waals surface area contributed by atoms with E-state index in [0.717, 1.165) is 42.4 Å². The maximum atomic E-state index is 13.1. The number of halogens is 3. The zero-order valence-corrected chi connectivity index (χ0v) is 27.3. The molecule has 250 valence electrons. The summed E-state index contributed by atoms with van der Waals surface area (Å²) in [5, 5.41) is 2.68. The van der Waals surface area contributed by atoms with E-state index < -0.39 is 29.2 Å². The Balaban J connectivity index is 1.41. The number of hydrogen-bond donors (Lipinski definition) is 1. The highest BCUT2D eigenvalue weighted by Gasteiger charge is 2.32. The maximum Gasteiger partial charge on any atom is 0.573 e. The zero-order chi connectivity index (χ0) is 33.8. The summed E-state index contributed by atoms with van der Waals surface area (Å²) in [6, 6.07) is 17.9. The number of amides is 1. The van der Waals surface area contributed by atoms with Gasteiger partial charge in [0.25, 0.3) is 0 Å². The van der Waals surface area contributed by atoms with E-state index in [0.29, 0.717) is 47.5 Å². The minimum Gasteiger partial charge on any atom is -0.611 e. The second kappa shape index (κ2) is 17.1. The fraction of sp³-hybridized carbons (Fsp3) is 0.314.